The van der Waals surface area contributed by atoms with Crippen LogP contribution in [0.5, 0.6) is 5.75 Å². The van der Waals surface area contributed by atoms with Gasteiger partial charge >= 0.3 is 0 Å². The fourth-order valence-electron chi connectivity index (χ4n) is 2.94. The summed E-state index contributed by atoms with van der Waals surface area (Å²) in [6.45, 7) is 0.0472. The number of rotatable bonds is 7. The molecule has 0 aromatic heterocycles. The first kappa shape index (κ1) is 19.6. The summed E-state index contributed by atoms with van der Waals surface area (Å²) in [4.78, 5) is 23.0. The number of ether oxygens (including phenoxy) is 1. The van der Waals surface area contributed by atoms with E-state index in [1.54, 1.807) is 42.5 Å². The Balaban J connectivity index is 1.59. The zero-order valence-electron chi connectivity index (χ0n) is 14.9. The van der Waals surface area contributed by atoms with Crippen molar-refractivity contribution in [2.75, 3.05) is 22.8 Å². The highest BCUT2D eigenvalue weighted by Crippen LogP contribution is 2.32. The molecule has 5 N–H and O–H groups in total. The highest BCUT2D eigenvalue weighted by Gasteiger charge is 2.27. The highest BCUT2D eigenvalue weighted by atomic mass is 32.2. The van der Waals surface area contributed by atoms with Gasteiger partial charge in [0.05, 0.1) is 12.1 Å². The van der Waals surface area contributed by atoms with E-state index < -0.39 is 22.0 Å². The summed E-state index contributed by atoms with van der Waals surface area (Å²) >= 11 is 0. The Bertz CT molecular complexity index is 1010. The monoisotopic (exact) mass is 404 g/mol. The maximum Gasteiger partial charge on any atom is 0.299 e. The van der Waals surface area contributed by atoms with Crippen LogP contribution in [0.15, 0.2) is 42.5 Å². The summed E-state index contributed by atoms with van der Waals surface area (Å²) in [6, 6.07) is 11.7. The molecule has 1 aliphatic rings. The molecule has 0 saturated heterocycles. The van der Waals surface area contributed by atoms with Crippen LogP contribution >= 0.6 is 0 Å². The van der Waals surface area contributed by atoms with Gasteiger partial charge in [-0.3, -0.25) is 13.9 Å². The molecule has 3 rings (SSSR count). The lowest BCUT2D eigenvalue weighted by molar-refractivity contribution is -0.118. The van der Waals surface area contributed by atoms with Crippen LogP contribution in [0.3, 0.4) is 0 Å². The van der Waals surface area contributed by atoms with Crippen LogP contribution in [-0.4, -0.2) is 33.4 Å². The predicted molar refractivity (Wildman–Crippen MR) is 104 cm³/mol. The van der Waals surface area contributed by atoms with E-state index in [4.69, 9.17) is 15.6 Å². The lowest BCUT2D eigenvalue weighted by atomic mass is 10.1. The van der Waals surface area contributed by atoms with Gasteiger partial charge in [0.1, 0.15) is 5.75 Å². The SMILES string of the molecule is NC(=O)Cc1ccc(OCC(=O)Nc2ccc3c(c2)N(S(N)(=O)=O)CC3)cc1. The molecule has 28 heavy (non-hydrogen) atoms. The third kappa shape index (κ3) is 4.78. The summed E-state index contributed by atoms with van der Waals surface area (Å²) in [7, 11) is -3.85. The minimum Gasteiger partial charge on any atom is -0.484 e. The largest absolute Gasteiger partial charge is 0.484 e. The van der Waals surface area contributed by atoms with Crippen molar-refractivity contribution < 1.29 is 22.7 Å². The van der Waals surface area contributed by atoms with Gasteiger partial charge < -0.3 is 15.8 Å². The molecule has 0 aliphatic carbocycles. The second-order valence-electron chi connectivity index (χ2n) is 6.33. The number of carbonyl (C=O) groups is 2. The Morgan fingerprint density at radius 3 is 2.50 bits per heavy atom. The minimum absolute atomic E-state index is 0.134. The van der Waals surface area contributed by atoms with Crippen LogP contribution in [0.25, 0.3) is 0 Å². The molecule has 10 heteroatoms. The van der Waals surface area contributed by atoms with Crippen molar-refractivity contribution in [3.05, 3.63) is 53.6 Å². The number of nitrogens with two attached hydrogens (primary N) is 2. The Morgan fingerprint density at radius 1 is 1.14 bits per heavy atom. The molecule has 1 aliphatic heterocycles. The number of carbonyl (C=O) groups excluding carboxylic acids is 2. The molecule has 2 aromatic rings. The summed E-state index contributed by atoms with van der Waals surface area (Å²) in [5.41, 5.74) is 7.64. The van der Waals surface area contributed by atoms with Crippen LogP contribution in [0.2, 0.25) is 0 Å². The van der Waals surface area contributed by atoms with Gasteiger partial charge in [0, 0.05) is 12.2 Å². The first-order chi connectivity index (χ1) is 13.2. The van der Waals surface area contributed by atoms with Gasteiger partial charge in [-0.15, -0.1) is 0 Å². The molecule has 9 nitrogen and oxygen atoms in total. The number of benzene rings is 2. The van der Waals surface area contributed by atoms with Crippen LogP contribution in [-0.2, 0) is 32.6 Å². The summed E-state index contributed by atoms with van der Waals surface area (Å²) in [6.07, 6.45) is 0.698. The minimum atomic E-state index is -3.85. The lowest BCUT2D eigenvalue weighted by Crippen LogP contribution is -2.35. The third-order valence-corrected chi connectivity index (χ3v) is 5.19. The van der Waals surface area contributed by atoms with Crippen LogP contribution in [0, 0.1) is 0 Å². The number of amides is 2. The number of primary amides is 1. The molecule has 0 bridgehead atoms. The lowest BCUT2D eigenvalue weighted by Gasteiger charge is -2.16. The van der Waals surface area contributed by atoms with Crippen LogP contribution < -0.4 is 25.2 Å². The Hall–Kier alpha value is -3.11. The summed E-state index contributed by atoms with van der Waals surface area (Å²) in [5.74, 6) is -0.359. The molecule has 2 amide bonds. The Morgan fingerprint density at radius 2 is 1.86 bits per heavy atom. The molecule has 0 spiro atoms. The van der Waals surface area contributed by atoms with Gasteiger partial charge in [0.25, 0.3) is 16.1 Å². The maximum absolute atomic E-state index is 12.1. The summed E-state index contributed by atoms with van der Waals surface area (Å²) in [5, 5.41) is 7.89. The standard InChI is InChI=1S/C18H20N4O5S/c19-17(23)9-12-1-5-15(6-2-12)27-11-18(24)21-14-4-3-13-7-8-22(16(13)10-14)28(20,25)26/h1-6,10H,7-9,11H2,(H2,19,23)(H,21,24)(H2,20,25,26). The van der Waals surface area contributed by atoms with E-state index in [1.807, 2.05) is 0 Å². The van der Waals surface area contributed by atoms with Gasteiger partial charge in [-0.05, 0) is 41.8 Å². The van der Waals surface area contributed by atoms with Crippen molar-refractivity contribution in [2.45, 2.75) is 12.8 Å². The van der Waals surface area contributed by atoms with E-state index in [0.717, 1.165) is 15.4 Å². The molecule has 0 fully saturated rings. The quantitative estimate of drug-likeness (QED) is 0.608. The van der Waals surface area contributed by atoms with Gasteiger partial charge in [-0.1, -0.05) is 18.2 Å². The van der Waals surface area contributed by atoms with E-state index in [-0.39, 0.29) is 19.6 Å². The number of hydrogen-bond acceptors (Lipinski definition) is 5. The smallest absolute Gasteiger partial charge is 0.299 e. The average molecular weight is 404 g/mol. The number of fused-ring (bicyclic) bond motifs is 1. The van der Waals surface area contributed by atoms with Crippen LogP contribution in [0.1, 0.15) is 11.1 Å². The fraction of sp³-hybridized carbons (Fsp3) is 0.222. The molecular formula is C18H20N4O5S. The predicted octanol–water partition coefficient (Wildman–Crippen LogP) is 0.298. The van der Waals surface area contributed by atoms with E-state index in [2.05, 4.69) is 5.32 Å². The molecule has 0 radical (unpaired) electrons. The molecule has 0 atom stereocenters. The van der Waals surface area contributed by atoms with Crippen molar-refractivity contribution in [3.63, 3.8) is 0 Å². The van der Waals surface area contributed by atoms with Gasteiger partial charge in [0.2, 0.25) is 5.91 Å². The first-order valence-electron chi connectivity index (χ1n) is 8.45. The van der Waals surface area contributed by atoms with E-state index in [0.29, 0.717) is 23.5 Å². The topological polar surface area (TPSA) is 145 Å². The van der Waals surface area contributed by atoms with E-state index >= 15 is 0 Å². The van der Waals surface area contributed by atoms with Crippen molar-refractivity contribution in [2.24, 2.45) is 10.9 Å². The Kier molecular flexibility index (Phi) is 5.52. The maximum atomic E-state index is 12.1. The number of nitrogens with one attached hydrogen (secondary N) is 1. The number of anilines is 2. The molecule has 2 aromatic carbocycles. The van der Waals surface area contributed by atoms with E-state index in [1.165, 1.54) is 0 Å². The van der Waals surface area contributed by atoms with Gasteiger partial charge in [0.15, 0.2) is 6.61 Å². The molecule has 0 saturated carbocycles. The second-order valence-corrected chi connectivity index (χ2v) is 7.81. The highest BCUT2D eigenvalue weighted by molar-refractivity contribution is 7.90. The van der Waals surface area contributed by atoms with Gasteiger partial charge in [-0.25, -0.2) is 5.14 Å². The molecule has 148 valence electrons. The zero-order chi connectivity index (χ0) is 20.3. The van der Waals surface area contributed by atoms with E-state index in [9.17, 15) is 18.0 Å². The average Bonchev–Trinajstić information content (AvgIpc) is 3.04. The van der Waals surface area contributed by atoms with Crippen molar-refractivity contribution in [1.29, 1.82) is 0 Å². The normalized spacial score (nSPS) is 13.1. The van der Waals surface area contributed by atoms with Crippen molar-refractivity contribution in [1.82, 2.24) is 0 Å². The third-order valence-electron chi connectivity index (χ3n) is 4.20. The fourth-order valence-corrected chi connectivity index (χ4v) is 3.73. The first-order valence-corrected chi connectivity index (χ1v) is 9.96. The molecule has 1 heterocycles. The van der Waals surface area contributed by atoms with Gasteiger partial charge in [-0.2, -0.15) is 8.42 Å². The molecule has 0 unspecified atom stereocenters. The zero-order valence-corrected chi connectivity index (χ0v) is 15.7. The number of nitrogens with zero attached hydrogens (tertiary/aromatic N) is 1. The van der Waals surface area contributed by atoms with Crippen molar-refractivity contribution >= 4 is 33.4 Å². The summed E-state index contributed by atoms with van der Waals surface area (Å²) < 4.78 is 29.8. The second kappa shape index (κ2) is 7.87. The van der Waals surface area contributed by atoms with Crippen molar-refractivity contribution in [3.8, 4) is 5.75 Å². The number of hydrogen-bond donors (Lipinski definition) is 3. The molecular weight excluding hydrogens is 384 g/mol. The van der Waals surface area contributed by atoms with Crippen LogP contribution in [0.4, 0.5) is 11.4 Å². The Labute approximate surface area is 162 Å².